The Hall–Kier alpha value is -2.86. The van der Waals surface area contributed by atoms with Crippen molar-refractivity contribution < 1.29 is 0 Å². The van der Waals surface area contributed by atoms with Gasteiger partial charge in [-0.25, -0.2) is 0 Å². The number of anilines is 2. The number of thiocarbonyl (C=S) groups is 1. The fraction of sp³-hybridized carbons (Fsp3) is 0.238. The molecule has 138 valence electrons. The number of aryl methyl sites for hydroxylation is 1. The van der Waals surface area contributed by atoms with Gasteiger partial charge >= 0.3 is 0 Å². The van der Waals surface area contributed by atoms with Gasteiger partial charge in [-0.15, -0.1) is 0 Å². The monoisotopic (exact) mass is 377 g/mol. The second-order valence-electron chi connectivity index (χ2n) is 7.00. The molecule has 27 heavy (non-hydrogen) atoms. The zero-order valence-corrected chi connectivity index (χ0v) is 16.5. The first-order chi connectivity index (χ1) is 13.0. The molecule has 1 fully saturated rings. The number of aromatic nitrogens is 2. The van der Waals surface area contributed by atoms with Crippen molar-refractivity contribution in [2.75, 3.05) is 23.9 Å². The molecule has 0 spiro atoms. The second-order valence-corrected chi connectivity index (χ2v) is 7.39. The minimum absolute atomic E-state index is 0.00584. The normalized spacial score (nSPS) is 19.2. The highest BCUT2D eigenvalue weighted by Gasteiger charge is 2.41. The van der Waals surface area contributed by atoms with Crippen LogP contribution in [0.1, 0.15) is 29.2 Å². The van der Waals surface area contributed by atoms with Crippen LogP contribution in [-0.4, -0.2) is 29.2 Å². The van der Waals surface area contributed by atoms with Gasteiger partial charge in [0.1, 0.15) is 6.04 Å². The van der Waals surface area contributed by atoms with E-state index in [2.05, 4.69) is 68.4 Å². The van der Waals surface area contributed by atoms with Crippen LogP contribution in [0, 0.1) is 6.92 Å². The lowest BCUT2D eigenvalue weighted by atomic mass is 10.0. The highest BCUT2D eigenvalue weighted by Crippen LogP contribution is 2.41. The molecule has 3 aromatic rings. The van der Waals surface area contributed by atoms with Crippen molar-refractivity contribution in [3.8, 4) is 0 Å². The predicted molar refractivity (Wildman–Crippen MR) is 114 cm³/mol. The molecule has 0 radical (unpaired) electrons. The van der Waals surface area contributed by atoms with Crippen LogP contribution in [0.25, 0.3) is 0 Å². The lowest BCUT2D eigenvalue weighted by Gasteiger charge is -2.27. The van der Waals surface area contributed by atoms with Gasteiger partial charge in [-0.2, -0.15) is 0 Å². The van der Waals surface area contributed by atoms with Crippen molar-refractivity contribution in [2.45, 2.75) is 19.0 Å². The quantitative estimate of drug-likeness (QED) is 0.674. The van der Waals surface area contributed by atoms with E-state index in [1.807, 2.05) is 38.5 Å². The van der Waals surface area contributed by atoms with E-state index in [9.17, 15) is 0 Å². The highest BCUT2D eigenvalue weighted by atomic mass is 32.1. The summed E-state index contributed by atoms with van der Waals surface area (Å²) in [6, 6.07) is 18.7. The van der Waals surface area contributed by atoms with Crippen LogP contribution in [0.2, 0.25) is 0 Å². The molecule has 3 heterocycles. The smallest absolute Gasteiger partial charge is 0.174 e. The van der Waals surface area contributed by atoms with Crippen LogP contribution < -0.4 is 15.1 Å². The molecule has 1 aromatic carbocycles. The summed E-state index contributed by atoms with van der Waals surface area (Å²) in [5.41, 5.74) is 5.45. The van der Waals surface area contributed by atoms with Crippen molar-refractivity contribution in [1.29, 1.82) is 0 Å². The second kappa shape index (κ2) is 7.04. The average Bonchev–Trinajstić information content (AvgIpc) is 3.25. The number of H-pyrrole nitrogens is 1. The van der Waals surface area contributed by atoms with Gasteiger partial charge in [-0.05, 0) is 67.7 Å². The molecule has 1 aliphatic rings. The summed E-state index contributed by atoms with van der Waals surface area (Å²) in [4.78, 5) is 12.3. The maximum absolute atomic E-state index is 5.73. The number of hydrogen-bond acceptors (Lipinski definition) is 3. The molecule has 5 nitrogen and oxygen atoms in total. The van der Waals surface area contributed by atoms with Gasteiger partial charge in [-0.3, -0.25) is 4.98 Å². The molecule has 2 aromatic heterocycles. The van der Waals surface area contributed by atoms with Gasteiger partial charge in [0.2, 0.25) is 0 Å². The Morgan fingerprint density at radius 1 is 1.04 bits per heavy atom. The van der Waals surface area contributed by atoms with E-state index in [0.717, 1.165) is 28.5 Å². The molecule has 0 saturated carbocycles. The topological polar surface area (TPSA) is 47.2 Å². The molecule has 6 heteroatoms. The fourth-order valence-corrected chi connectivity index (χ4v) is 3.90. The fourth-order valence-electron chi connectivity index (χ4n) is 3.56. The van der Waals surface area contributed by atoms with Crippen molar-refractivity contribution >= 4 is 28.7 Å². The molecule has 1 saturated heterocycles. The number of benzene rings is 1. The van der Waals surface area contributed by atoms with E-state index >= 15 is 0 Å². The molecule has 0 amide bonds. The van der Waals surface area contributed by atoms with Crippen LogP contribution in [0.15, 0.2) is 60.8 Å². The van der Waals surface area contributed by atoms with E-state index in [1.165, 1.54) is 0 Å². The summed E-state index contributed by atoms with van der Waals surface area (Å²) < 4.78 is 0. The van der Waals surface area contributed by atoms with E-state index in [4.69, 9.17) is 12.2 Å². The first kappa shape index (κ1) is 17.5. The first-order valence-electron chi connectivity index (χ1n) is 8.98. The van der Waals surface area contributed by atoms with Gasteiger partial charge in [0.15, 0.2) is 5.11 Å². The van der Waals surface area contributed by atoms with Gasteiger partial charge in [0, 0.05) is 43.1 Å². The predicted octanol–water partition coefficient (Wildman–Crippen LogP) is 3.96. The Morgan fingerprint density at radius 2 is 1.81 bits per heavy atom. The summed E-state index contributed by atoms with van der Waals surface area (Å²) in [6.07, 6.45) is 1.83. The van der Waals surface area contributed by atoms with Crippen molar-refractivity contribution in [2.24, 2.45) is 0 Å². The van der Waals surface area contributed by atoms with Crippen LogP contribution >= 0.6 is 12.2 Å². The van der Waals surface area contributed by atoms with Crippen LogP contribution in [0.4, 0.5) is 11.4 Å². The summed E-state index contributed by atoms with van der Waals surface area (Å²) in [7, 11) is 4.08. The molecular formula is C21H23N5S. The highest BCUT2D eigenvalue weighted by molar-refractivity contribution is 7.80. The molecule has 2 N–H and O–H groups in total. The largest absolute Gasteiger partial charge is 0.378 e. The number of rotatable bonds is 4. The van der Waals surface area contributed by atoms with Gasteiger partial charge in [0.05, 0.1) is 11.7 Å². The first-order valence-corrected chi connectivity index (χ1v) is 9.39. The van der Waals surface area contributed by atoms with Gasteiger partial charge in [-0.1, -0.05) is 6.07 Å². The van der Waals surface area contributed by atoms with E-state index in [1.54, 1.807) is 0 Å². The van der Waals surface area contributed by atoms with Crippen LogP contribution in [-0.2, 0) is 0 Å². The van der Waals surface area contributed by atoms with Gasteiger partial charge in [0.25, 0.3) is 0 Å². The Kier molecular flexibility index (Phi) is 4.58. The summed E-state index contributed by atoms with van der Waals surface area (Å²) >= 11 is 5.73. The zero-order chi connectivity index (χ0) is 19.0. The third kappa shape index (κ3) is 3.28. The third-order valence-corrected chi connectivity index (χ3v) is 5.23. The van der Waals surface area contributed by atoms with Gasteiger partial charge < -0.3 is 20.1 Å². The van der Waals surface area contributed by atoms with E-state index < -0.39 is 0 Å². The lowest BCUT2D eigenvalue weighted by molar-refractivity contribution is 0.558. The molecule has 0 unspecified atom stereocenters. The third-order valence-electron chi connectivity index (χ3n) is 4.92. The lowest BCUT2D eigenvalue weighted by Crippen LogP contribution is -2.29. The summed E-state index contributed by atoms with van der Waals surface area (Å²) in [5.74, 6) is 0. The zero-order valence-electron chi connectivity index (χ0n) is 15.7. The number of hydrogen-bond donors (Lipinski definition) is 2. The molecule has 0 aliphatic carbocycles. The molecule has 4 rings (SSSR count). The average molecular weight is 378 g/mol. The molecule has 1 aliphatic heterocycles. The number of nitrogens with one attached hydrogen (secondary N) is 2. The Morgan fingerprint density at radius 3 is 2.41 bits per heavy atom. The van der Waals surface area contributed by atoms with E-state index in [-0.39, 0.29) is 12.1 Å². The minimum atomic E-state index is -0.0229. The van der Waals surface area contributed by atoms with Crippen LogP contribution in [0.3, 0.4) is 0 Å². The maximum Gasteiger partial charge on any atom is 0.174 e. The number of pyridine rings is 1. The molecular weight excluding hydrogens is 354 g/mol. The van der Waals surface area contributed by atoms with Crippen molar-refractivity contribution in [1.82, 2.24) is 15.3 Å². The van der Waals surface area contributed by atoms with Crippen molar-refractivity contribution in [3.63, 3.8) is 0 Å². The molecule has 0 bridgehead atoms. The van der Waals surface area contributed by atoms with E-state index in [0.29, 0.717) is 5.11 Å². The summed E-state index contributed by atoms with van der Waals surface area (Å²) in [5, 5.41) is 4.19. The Balaban J connectivity index is 1.78. The standard InChI is InChI=1S/C21H23N5S/c1-14-7-12-18(23-14)20-19(17-6-4-5-13-22-17)24-21(27)26(20)16-10-8-15(9-11-16)25(2)3/h4-13,19-20,23H,1-3H3,(H,24,27)/t19-,20+/m1/s1. The summed E-state index contributed by atoms with van der Waals surface area (Å²) in [6.45, 7) is 2.07. The van der Waals surface area contributed by atoms with Crippen molar-refractivity contribution in [3.05, 3.63) is 77.9 Å². The number of nitrogens with zero attached hydrogens (tertiary/aromatic N) is 3. The molecule has 2 atom stereocenters. The Bertz CT molecular complexity index is 933. The Labute approximate surface area is 165 Å². The maximum atomic E-state index is 5.73. The number of aromatic amines is 1. The minimum Gasteiger partial charge on any atom is -0.378 e. The SMILES string of the molecule is Cc1ccc([C@H]2[C@@H](c3ccccn3)NC(=S)N2c2ccc(N(C)C)cc2)[nH]1. The van der Waals surface area contributed by atoms with Crippen LogP contribution in [0.5, 0.6) is 0 Å².